The number of benzene rings is 1. The molecule has 3 nitrogen and oxygen atoms in total. The Morgan fingerprint density at radius 2 is 2.22 bits per heavy atom. The Labute approximate surface area is 107 Å². The molecule has 18 heavy (non-hydrogen) atoms. The van der Waals surface area contributed by atoms with Gasteiger partial charge in [0.05, 0.1) is 5.69 Å². The Morgan fingerprint density at radius 1 is 1.39 bits per heavy atom. The van der Waals surface area contributed by atoms with Crippen LogP contribution in [0.3, 0.4) is 0 Å². The van der Waals surface area contributed by atoms with E-state index in [2.05, 4.69) is 37.2 Å². The molecule has 0 saturated heterocycles. The smallest absolute Gasteiger partial charge is 0.147 e. The summed E-state index contributed by atoms with van der Waals surface area (Å²) < 4.78 is 5.03. The summed E-state index contributed by atoms with van der Waals surface area (Å²) in [6, 6.07) is 6.50. The zero-order valence-corrected chi connectivity index (χ0v) is 10.9. The molecule has 1 atom stereocenters. The van der Waals surface area contributed by atoms with E-state index in [1.807, 2.05) is 0 Å². The molecule has 0 fully saturated rings. The second-order valence-corrected chi connectivity index (χ2v) is 5.41. The van der Waals surface area contributed by atoms with Gasteiger partial charge in [0.15, 0.2) is 0 Å². The first kappa shape index (κ1) is 11.3. The third-order valence-corrected chi connectivity index (χ3v) is 4.23. The molecule has 1 aliphatic rings. The van der Waals surface area contributed by atoms with Gasteiger partial charge in [0.1, 0.15) is 12.0 Å². The third-order valence-electron chi connectivity index (χ3n) is 4.23. The molecule has 0 bridgehead atoms. The fourth-order valence-electron chi connectivity index (χ4n) is 3.21. The van der Waals surface area contributed by atoms with Crippen LogP contribution < -0.4 is 5.73 Å². The summed E-state index contributed by atoms with van der Waals surface area (Å²) in [5.74, 6) is 0. The lowest BCUT2D eigenvalue weighted by Crippen LogP contribution is -2.30. The highest BCUT2D eigenvalue weighted by Gasteiger charge is 2.38. The molecule has 2 N–H and O–H groups in total. The van der Waals surface area contributed by atoms with E-state index in [9.17, 15) is 0 Å². The van der Waals surface area contributed by atoms with Gasteiger partial charge in [-0.3, -0.25) is 0 Å². The van der Waals surface area contributed by atoms with Gasteiger partial charge < -0.3 is 10.3 Å². The number of aryl methyl sites for hydroxylation is 1. The summed E-state index contributed by atoms with van der Waals surface area (Å²) >= 11 is 0. The van der Waals surface area contributed by atoms with E-state index in [1.165, 1.54) is 29.4 Å². The summed E-state index contributed by atoms with van der Waals surface area (Å²) in [7, 11) is 0. The molecular formula is C15H18N2O. The molecule has 1 heterocycles. The van der Waals surface area contributed by atoms with E-state index in [-0.39, 0.29) is 5.41 Å². The van der Waals surface area contributed by atoms with Crippen LogP contribution in [-0.2, 0) is 11.8 Å². The fraction of sp³-hybridized carbons (Fsp3) is 0.400. The van der Waals surface area contributed by atoms with Crippen molar-refractivity contribution in [3.63, 3.8) is 0 Å². The molecule has 1 unspecified atom stereocenters. The lowest BCUT2D eigenvalue weighted by atomic mass is 9.68. The van der Waals surface area contributed by atoms with Gasteiger partial charge in [0.25, 0.3) is 0 Å². The largest absolute Gasteiger partial charge is 0.395 e. The lowest BCUT2D eigenvalue weighted by Gasteiger charge is -2.35. The topological polar surface area (TPSA) is 52.0 Å². The van der Waals surface area contributed by atoms with Gasteiger partial charge in [-0.15, -0.1) is 0 Å². The average molecular weight is 242 g/mol. The summed E-state index contributed by atoms with van der Waals surface area (Å²) in [6.07, 6.45) is 4.92. The van der Waals surface area contributed by atoms with Gasteiger partial charge in [0, 0.05) is 5.41 Å². The molecular weight excluding hydrogens is 224 g/mol. The van der Waals surface area contributed by atoms with Crippen LogP contribution in [0.15, 0.2) is 29.0 Å². The minimum absolute atomic E-state index is 0.114. The van der Waals surface area contributed by atoms with E-state index in [4.69, 9.17) is 10.3 Å². The molecule has 2 aromatic rings. The molecule has 1 aromatic carbocycles. The summed E-state index contributed by atoms with van der Waals surface area (Å²) in [5.41, 5.74) is 11.6. The summed E-state index contributed by atoms with van der Waals surface area (Å²) in [6.45, 7) is 4.40. The van der Waals surface area contributed by atoms with Crippen molar-refractivity contribution in [1.29, 1.82) is 0 Å². The number of nitrogen functional groups attached to an aromatic ring is 1. The van der Waals surface area contributed by atoms with Gasteiger partial charge in [0.2, 0.25) is 0 Å². The number of rotatable bonds is 1. The van der Waals surface area contributed by atoms with E-state index in [0.717, 1.165) is 18.5 Å². The molecule has 1 aliphatic carbocycles. The van der Waals surface area contributed by atoms with Gasteiger partial charge in [-0.1, -0.05) is 23.4 Å². The maximum atomic E-state index is 6.00. The first-order chi connectivity index (χ1) is 8.63. The zero-order chi connectivity index (χ0) is 12.8. The highest BCUT2D eigenvalue weighted by atomic mass is 16.5. The Balaban J connectivity index is 2.22. The Hall–Kier alpha value is -1.77. The van der Waals surface area contributed by atoms with E-state index >= 15 is 0 Å². The van der Waals surface area contributed by atoms with Crippen LogP contribution in [0.25, 0.3) is 0 Å². The van der Waals surface area contributed by atoms with Crippen molar-refractivity contribution < 1.29 is 4.52 Å². The fourth-order valence-corrected chi connectivity index (χ4v) is 3.21. The standard InChI is InChI=1S/C15H18N2O/c1-10-5-3-7-12-11(10)6-4-8-15(12,2)14-13(16)9-18-17-14/h3,5,7,9H,4,6,8,16H2,1-2H3. The van der Waals surface area contributed by atoms with Crippen molar-refractivity contribution in [1.82, 2.24) is 5.16 Å². The number of fused-ring (bicyclic) bond motifs is 1. The first-order valence-electron chi connectivity index (χ1n) is 6.42. The van der Waals surface area contributed by atoms with Crippen molar-refractivity contribution in [3.8, 4) is 0 Å². The SMILES string of the molecule is Cc1cccc2c1CCCC2(C)c1nocc1N. The minimum atomic E-state index is -0.114. The molecule has 3 rings (SSSR count). The highest BCUT2D eigenvalue weighted by Crippen LogP contribution is 2.44. The number of anilines is 1. The molecule has 3 heteroatoms. The zero-order valence-electron chi connectivity index (χ0n) is 10.9. The maximum Gasteiger partial charge on any atom is 0.147 e. The van der Waals surface area contributed by atoms with E-state index in [1.54, 1.807) is 0 Å². The second kappa shape index (κ2) is 3.87. The molecule has 0 radical (unpaired) electrons. The first-order valence-corrected chi connectivity index (χ1v) is 6.42. The van der Waals surface area contributed by atoms with Crippen molar-refractivity contribution in [2.75, 3.05) is 5.73 Å². The van der Waals surface area contributed by atoms with Gasteiger partial charge in [-0.2, -0.15) is 0 Å². The van der Waals surface area contributed by atoms with E-state index < -0.39 is 0 Å². The number of hydrogen-bond donors (Lipinski definition) is 1. The number of nitrogens with zero attached hydrogens (tertiary/aromatic N) is 1. The Kier molecular flexibility index (Phi) is 2.44. The molecule has 0 amide bonds. The average Bonchev–Trinajstić information content (AvgIpc) is 2.78. The predicted molar refractivity (Wildman–Crippen MR) is 71.5 cm³/mol. The monoisotopic (exact) mass is 242 g/mol. The van der Waals surface area contributed by atoms with Crippen LogP contribution in [0.4, 0.5) is 5.69 Å². The van der Waals surface area contributed by atoms with Crippen LogP contribution in [-0.4, -0.2) is 5.16 Å². The molecule has 1 aromatic heterocycles. The van der Waals surface area contributed by atoms with Crippen LogP contribution in [0.1, 0.15) is 42.1 Å². The van der Waals surface area contributed by atoms with Gasteiger partial charge >= 0.3 is 0 Å². The molecule has 94 valence electrons. The van der Waals surface area contributed by atoms with Gasteiger partial charge in [-0.25, -0.2) is 0 Å². The number of aromatic nitrogens is 1. The number of hydrogen-bond acceptors (Lipinski definition) is 3. The Morgan fingerprint density at radius 3 is 2.94 bits per heavy atom. The number of nitrogens with two attached hydrogens (primary N) is 1. The predicted octanol–water partition coefficient (Wildman–Crippen LogP) is 3.21. The van der Waals surface area contributed by atoms with Crippen LogP contribution >= 0.6 is 0 Å². The maximum absolute atomic E-state index is 6.00. The molecule has 0 spiro atoms. The Bertz CT molecular complexity index is 588. The third kappa shape index (κ3) is 1.47. The summed E-state index contributed by atoms with van der Waals surface area (Å²) in [4.78, 5) is 0. The normalized spacial score (nSPS) is 22.8. The minimum Gasteiger partial charge on any atom is -0.395 e. The van der Waals surface area contributed by atoms with Crippen molar-refractivity contribution in [3.05, 3.63) is 46.8 Å². The van der Waals surface area contributed by atoms with Crippen LogP contribution in [0.2, 0.25) is 0 Å². The quantitative estimate of drug-likeness (QED) is 0.835. The lowest BCUT2D eigenvalue weighted by molar-refractivity contribution is 0.375. The molecule has 0 saturated carbocycles. The van der Waals surface area contributed by atoms with E-state index in [0.29, 0.717) is 5.69 Å². The van der Waals surface area contributed by atoms with Crippen LogP contribution in [0, 0.1) is 6.92 Å². The van der Waals surface area contributed by atoms with Crippen molar-refractivity contribution in [2.24, 2.45) is 0 Å². The van der Waals surface area contributed by atoms with Crippen LogP contribution in [0.5, 0.6) is 0 Å². The van der Waals surface area contributed by atoms with Crippen molar-refractivity contribution >= 4 is 5.69 Å². The highest BCUT2D eigenvalue weighted by molar-refractivity contribution is 5.53. The molecule has 0 aliphatic heterocycles. The summed E-state index contributed by atoms with van der Waals surface area (Å²) in [5, 5.41) is 4.14. The second-order valence-electron chi connectivity index (χ2n) is 5.41. The van der Waals surface area contributed by atoms with Gasteiger partial charge in [-0.05, 0) is 49.8 Å². The van der Waals surface area contributed by atoms with Crippen molar-refractivity contribution in [2.45, 2.75) is 38.5 Å².